The summed E-state index contributed by atoms with van der Waals surface area (Å²) in [7, 11) is -0.246. The van der Waals surface area contributed by atoms with Gasteiger partial charge in [-0.1, -0.05) is 18.2 Å². The SMILES string of the molecule is C/C=C(\Cc1ccc(I)cc1)B1OC(C)(C)C(C)(C)O1. The molecule has 0 bridgehead atoms. The predicted molar refractivity (Wildman–Crippen MR) is 92.7 cm³/mol. The van der Waals surface area contributed by atoms with Crippen molar-refractivity contribution in [3.8, 4) is 0 Å². The minimum Gasteiger partial charge on any atom is -0.400 e. The minimum atomic E-state index is -0.280. The highest BCUT2D eigenvalue weighted by Crippen LogP contribution is 2.39. The second-order valence-electron chi connectivity index (χ2n) is 6.26. The number of benzene rings is 1. The highest BCUT2D eigenvalue weighted by Gasteiger charge is 2.52. The number of allylic oxidation sites excluding steroid dienone is 2. The molecule has 108 valence electrons. The Balaban J connectivity index is 2.13. The molecule has 2 rings (SSSR count). The van der Waals surface area contributed by atoms with Crippen LogP contribution in [-0.2, 0) is 15.7 Å². The average Bonchev–Trinajstić information content (AvgIpc) is 2.57. The number of halogens is 1. The molecule has 1 aromatic rings. The van der Waals surface area contributed by atoms with Crippen molar-refractivity contribution in [2.24, 2.45) is 0 Å². The van der Waals surface area contributed by atoms with Crippen LogP contribution in [0.25, 0.3) is 0 Å². The van der Waals surface area contributed by atoms with E-state index in [1.807, 2.05) is 6.92 Å². The molecule has 0 aliphatic carbocycles. The third-order valence-corrected chi connectivity index (χ3v) is 4.97. The molecule has 0 aromatic heterocycles. The van der Waals surface area contributed by atoms with Crippen LogP contribution in [0.3, 0.4) is 0 Å². The van der Waals surface area contributed by atoms with Gasteiger partial charge in [-0.25, -0.2) is 0 Å². The predicted octanol–water partition coefficient (Wildman–Crippen LogP) is 4.41. The van der Waals surface area contributed by atoms with Crippen LogP contribution < -0.4 is 0 Å². The Morgan fingerprint density at radius 3 is 2.05 bits per heavy atom. The molecule has 1 saturated heterocycles. The van der Waals surface area contributed by atoms with Gasteiger partial charge in [0.2, 0.25) is 0 Å². The fourth-order valence-corrected chi connectivity index (χ4v) is 2.51. The molecule has 0 radical (unpaired) electrons. The van der Waals surface area contributed by atoms with Crippen molar-refractivity contribution in [1.29, 1.82) is 0 Å². The molecule has 0 unspecified atom stereocenters. The zero-order valence-electron chi connectivity index (χ0n) is 12.9. The molecule has 0 saturated carbocycles. The monoisotopic (exact) mass is 384 g/mol. The second-order valence-corrected chi connectivity index (χ2v) is 7.50. The molecule has 0 atom stereocenters. The van der Waals surface area contributed by atoms with E-state index in [0.717, 1.165) is 6.42 Å². The summed E-state index contributed by atoms with van der Waals surface area (Å²) >= 11 is 2.32. The van der Waals surface area contributed by atoms with Gasteiger partial charge in [-0.2, -0.15) is 0 Å². The molecule has 0 spiro atoms. The van der Waals surface area contributed by atoms with Crippen LogP contribution in [0.5, 0.6) is 0 Å². The smallest absolute Gasteiger partial charge is 0.400 e. The number of hydrogen-bond donors (Lipinski definition) is 0. The Kier molecular flexibility index (Phi) is 4.67. The summed E-state index contributed by atoms with van der Waals surface area (Å²) in [5.41, 5.74) is 1.91. The lowest BCUT2D eigenvalue weighted by Gasteiger charge is -2.32. The first-order valence-electron chi connectivity index (χ1n) is 7.00. The molecule has 1 aromatic carbocycles. The normalized spacial score (nSPS) is 21.3. The van der Waals surface area contributed by atoms with Gasteiger partial charge in [0.05, 0.1) is 11.2 Å². The van der Waals surface area contributed by atoms with Gasteiger partial charge < -0.3 is 9.31 Å². The number of hydrogen-bond acceptors (Lipinski definition) is 2. The van der Waals surface area contributed by atoms with E-state index in [9.17, 15) is 0 Å². The lowest BCUT2D eigenvalue weighted by atomic mass is 9.74. The van der Waals surface area contributed by atoms with Crippen LogP contribution in [0.1, 0.15) is 40.2 Å². The van der Waals surface area contributed by atoms with Gasteiger partial charge in [-0.15, -0.1) is 0 Å². The van der Waals surface area contributed by atoms with E-state index >= 15 is 0 Å². The van der Waals surface area contributed by atoms with Crippen molar-refractivity contribution < 1.29 is 9.31 Å². The lowest BCUT2D eigenvalue weighted by Crippen LogP contribution is -2.41. The van der Waals surface area contributed by atoms with Crippen molar-refractivity contribution in [1.82, 2.24) is 0 Å². The lowest BCUT2D eigenvalue weighted by molar-refractivity contribution is 0.00578. The zero-order chi connectivity index (χ0) is 15.0. The van der Waals surface area contributed by atoms with Gasteiger partial charge in [-0.3, -0.25) is 0 Å². The van der Waals surface area contributed by atoms with E-state index in [1.165, 1.54) is 14.6 Å². The molecule has 1 fully saturated rings. The first-order chi connectivity index (χ1) is 9.25. The highest BCUT2D eigenvalue weighted by molar-refractivity contribution is 14.1. The Morgan fingerprint density at radius 1 is 1.10 bits per heavy atom. The number of rotatable bonds is 3. The summed E-state index contributed by atoms with van der Waals surface area (Å²) in [4.78, 5) is 0. The van der Waals surface area contributed by atoms with Crippen molar-refractivity contribution in [2.45, 2.75) is 52.2 Å². The van der Waals surface area contributed by atoms with Gasteiger partial charge >= 0.3 is 7.12 Å². The summed E-state index contributed by atoms with van der Waals surface area (Å²) < 4.78 is 13.5. The first kappa shape index (κ1) is 16.1. The van der Waals surface area contributed by atoms with Gasteiger partial charge in [0.1, 0.15) is 0 Å². The molecule has 1 aliphatic heterocycles. The van der Waals surface area contributed by atoms with Gasteiger partial charge in [-0.05, 0) is 86.8 Å². The van der Waals surface area contributed by atoms with Crippen LogP contribution >= 0.6 is 22.6 Å². The maximum absolute atomic E-state index is 6.12. The van der Waals surface area contributed by atoms with Gasteiger partial charge in [0.25, 0.3) is 0 Å². The van der Waals surface area contributed by atoms with Crippen molar-refractivity contribution in [3.05, 3.63) is 44.9 Å². The standard InChI is InChI=1S/C16H22BIO2/c1-6-13(11-12-7-9-14(18)10-8-12)17-19-15(2,3)16(4,5)20-17/h6-10H,11H2,1-5H3/b13-6+. The minimum absolute atomic E-state index is 0.246. The third kappa shape index (κ3) is 3.29. The molecule has 2 nitrogen and oxygen atoms in total. The molecular weight excluding hydrogens is 362 g/mol. The highest BCUT2D eigenvalue weighted by atomic mass is 127. The summed E-state index contributed by atoms with van der Waals surface area (Å²) in [5.74, 6) is 0. The van der Waals surface area contributed by atoms with Crippen LogP contribution in [0.15, 0.2) is 35.8 Å². The second kappa shape index (κ2) is 5.81. The molecule has 4 heteroatoms. The zero-order valence-corrected chi connectivity index (χ0v) is 15.0. The van der Waals surface area contributed by atoms with E-state index in [2.05, 4.69) is 80.6 Å². The van der Waals surface area contributed by atoms with Crippen LogP contribution in [0.2, 0.25) is 0 Å². The van der Waals surface area contributed by atoms with Crippen LogP contribution in [-0.4, -0.2) is 18.3 Å². The summed E-state index contributed by atoms with van der Waals surface area (Å²) in [5, 5.41) is 0. The molecule has 0 amide bonds. The molecular formula is C16H22BIO2. The molecule has 20 heavy (non-hydrogen) atoms. The summed E-state index contributed by atoms with van der Waals surface area (Å²) in [6.45, 7) is 10.4. The quantitative estimate of drug-likeness (QED) is 0.568. The van der Waals surface area contributed by atoms with Gasteiger partial charge in [0, 0.05) is 3.57 Å². The van der Waals surface area contributed by atoms with E-state index in [1.54, 1.807) is 0 Å². The fourth-order valence-electron chi connectivity index (χ4n) is 2.15. The summed E-state index contributed by atoms with van der Waals surface area (Å²) in [6, 6.07) is 8.59. The van der Waals surface area contributed by atoms with E-state index in [0.29, 0.717) is 0 Å². The van der Waals surface area contributed by atoms with Crippen molar-refractivity contribution >= 4 is 29.7 Å². The molecule has 0 N–H and O–H groups in total. The first-order valence-corrected chi connectivity index (χ1v) is 8.08. The maximum Gasteiger partial charge on any atom is 0.490 e. The fraction of sp³-hybridized carbons (Fsp3) is 0.500. The molecule has 1 aliphatic rings. The topological polar surface area (TPSA) is 18.5 Å². The largest absolute Gasteiger partial charge is 0.490 e. The van der Waals surface area contributed by atoms with Crippen molar-refractivity contribution in [3.63, 3.8) is 0 Å². The molecule has 1 heterocycles. The summed E-state index contributed by atoms with van der Waals surface area (Å²) in [6.07, 6.45) is 2.98. The Bertz CT molecular complexity index is 490. The van der Waals surface area contributed by atoms with E-state index < -0.39 is 0 Å². The van der Waals surface area contributed by atoms with E-state index in [4.69, 9.17) is 9.31 Å². The Hall–Kier alpha value is -0.325. The maximum atomic E-state index is 6.12. The van der Waals surface area contributed by atoms with Gasteiger partial charge in [0.15, 0.2) is 0 Å². The third-order valence-electron chi connectivity index (χ3n) is 4.25. The Labute approximate surface area is 136 Å². The van der Waals surface area contributed by atoms with E-state index in [-0.39, 0.29) is 18.3 Å². The van der Waals surface area contributed by atoms with Crippen LogP contribution in [0.4, 0.5) is 0 Å². The average molecular weight is 384 g/mol. The van der Waals surface area contributed by atoms with Crippen molar-refractivity contribution in [2.75, 3.05) is 0 Å². The Morgan fingerprint density at radius 2 is 1.60 bits per heavy atom. The van der Waals surface area contributed by atoms with Crippen LogP contribution in [0, 0.1) is 3.57 Å².